The van der Waals surface area contributed by atoms with Gasteiger partial charge in [-0.3, -0.25) is 14.5 Å². The first kappa shape index (κ1) is 28.3. The molecule has 0 bridgehead atoms. The zero-order chi connectivity index (χ0) is 28.3. The molecule has 5 rings (SSSR count). The zero-order valence-corrected chi connectivity index (χ0v) is 23.2. The average Bonchev–Trinajstić information content (AvgIpc) is 3.55. The summed E-state index contributed by atoms with van der Waals surface area (Å²) in [5, 5.41) is 6.91. The standard InChI is InChI=1S/C32H37N5O4/c38-31(33-22-30-7-4-20-40-30)24-41-29-14-10-25(11-15-29)21-34-35-32(39)27-12-8-26(9-13-27)23-36-16-18-37(19-17-36)28-5-2-1-3-6-28/h1-3,5-6,8-15,21,30H,4,7,16-20,22-24H2,(H,33,38)(H,35,39)/b34-21-/t30-/m1/s1. The van der Waals surface area contributed by atoms with Gasteiger partial charge in [0.25, 0.3) is 11.8 Å². The minimum Gasteiger partial charge on any atom is -0.484 e. The SMILES string of the molecule is O=C(COc1ccc(/C=N\NC(=O)c2ccc(CN3CCN(c4ccccc4)CC3)cc2)cc1)NC[C@H]1CCCO1. The van der Waals surface area contributed by atoms with Crippen LogP contribution in [0.15, 0.2) is 84.0 Å². The normalized spacial score (nSPS) is 17.5. The van der Waals surface area contributed by atoms with Gasteiger partial charge in [-0.25, -0.2) is 5.43 Å². The number of amides is 2. The Morgan fingerprint density at radius 3 is 2.41 bits per heavy atom. The second kappa shape index (κ2) is 14.4. The van der Waals surface area contributed by atoms with Crippen molar-refractivity contribution in [3.05, 3.63) is 95.6 Å². The fourth-order valence-corrected chi connectivity index (χ4v) is 4.94. The molecule has 2 fully saturated rings. The molecule has 0 radical (unpaired) electrons. The summed E-state index contributed by atoms with van der Waals surface area (Å²) < 4.78 is 11.0. The van der Waals surface area contributed by atoms with E-state index in [4.69, 9.17) is 9.47 Å². The second-order valence-electron chi connectivity index (χ2n) is 10.3. The van der Waals surface area contributed by atoms with Gasteiger partial charge in [0.2, 0.25) is 0 Å². The molecule has 2 saturated heterocycles. The van der Waals surface area contributed by atoms with Crippen LogP contribution in [-0.4, -0.2) is 75.0 Å². The summed E-state index contributed by atoms with van der Waals surface area (Å²) in [5.41, 5.74) is 6.39. The molecule has 41 heavy (non-hydrogen) atoms. The Bertz CT molecular complexity index is 1280. The summed E-state index contributed by atoms with van der Waals surface area (Å²) >= 11 is 0. The number of para-hydroxylation sites is 1. The quantitative estimate of drug-likeness (QED) is 0.278. The molecule has 9 heteroatoms. The Balaban J connectivity index is 1.00. The molecule has 214 valence electrons. The summed E-state index contributed by atoms with van der Waals surface area (Å²) in [5.74, 6) is 0.137. The van der Waals surface area contributed by atoms with Gasteiger partial charge in [0.1, 0.15) is 5.75 Å². The number of hydrogen-bond acceptors (Lipinski definition) is 7. The predicted molar refractivity (Wildman–Crippen MR) is 159 cm³/mol. The summed E-state index contributed by atoms with van der Waals surface area (Å²) in [7, 11) is 0. The third-order valence-electron chi connectivity index (χ3n) is 7.30. The van der Waals surface area contributed by atoms with Crippen molar-refractivity contribution in [2.75, 3.05) is 50.8 Å². The number of hydrazone groups is 1. The van der Waals surface area contributed by atoms with Crippen molar-refractivity contribution >= 4 is 23.7 Å². The Morgan fingerprint density at radius 1 is 0.951 bits per heavy atom. The monoisotopic (exact) mass is 555 g/mol. The summed E-state index contributed by atoms with van der Waals surface area (Å²) in [6.07, 6.45) is 3.69. The molecule has 2 aliphatic rings. The van der Waals surface area contributed by atoms with Crippen LogP contribution in [-0.2, 0) is 16.1 Å². The molecule has 0 aliphatic carbocycles. The van der Waals surface area contributed by atoms with E-state index in [9.17, 15) is 9.59 Å². The maximum atomic E-state index is 12.5. The molecule has 1 atom stereocenters. The maximum absolute atomic E-state index is 12.5. The van der Waals surface area contributed by atoms with Gasteiger partial charge in [-0.1, -0.05) is 30.3 Å². The van der Waals surface area contributed by atoms with E-state index in [-0.39, 0.29) is 24.5 Å². The number of nitrogens with one attached hydrogen (secondary N) is 2. The topological polar surface area (TPSA) is 95.5 Å². The Hall–Kier alpha value is -4.21. The van der Waals surface area contributed by atoms with Gasteiger partial charge in [0.05, 0.1) is 12.3 Å². The van der Waals surface area contributed by atoms with Crippen LogP contribution in [0.1, 0.15) is 34.3 Å². The lowest BCUT2D eigenvalue weighted by atomic mass is 10.1. The highest BCUT2D eigenvalue weighted by Crippen LogP contribution is 2.17. The molecule has 2 N–H and O–H groups in total. The lowest BCUT2D eigenvalue weighted by Gasteiger charge is -2.36. The van der Waals surface area contributed by atoms with Crippen molar-refractivity contribution in [3.63, 3.8) is 0 Å². The van der Waals surface area contributed by atoms with Crippen molar-refractivity contribution < 1.29 is 19.1 Å². The molecule has 0 unspecified atom stereocenters. The van der Waals surface area contributed by atoms with Crippen LogP contribution >= 0.6 is 0 Å². The van der Waals surface area contributed by atoms with Gasteiger partial charge in [-0.05, 0) is 72.5 Å². The third-order valence-corrected chi connectivity index (χ3v) is 7.30. The molecule has 0 aromatic heterocycles. The van der Waals surface area contributed by atoms with Crippen LogP contribution in [0.2, 0.25) is 0 Å². The van der Waals surface area contributed by atoms with Crippen molar-refractivity contribution in [2.24, 2.45) is 5.10 Å². The van der Waals surface area contributed by atoms with Crippen LogP contribution < -0.4 is 20.4 Å². The van der Waals surface area contributed by atoms with Crippen molar-refractivity contribution in [1.82, 2.24) is 15.6 Å². The van der Waals surface area contributed by atoms with E-state index in [0.29, 0.717) is 17.9 Å². The minimum absolute atomic E-state index is 0.0557. The Morgan fingerprint density at radius 2 is 1.71 bits per heavy atom. The Labute approximate surface area is 241 Å². The van der Waals surface area contributed by atoms with Crippen LogP contribution in [0, 0.1) is 0 Å². The lowest BCUT2D eigenvalue weighted by Crippen LogP contribution is -2.45. The molecular weight excluding hydrogens is 518 g/mol. The van der Waals surface area contributed by atoms with Gasteiger partial charge in [0.15, 0.2) is 6.61 Å². The number of ether oxygens (including phenoxy) is 2. The first-order valence-corrected chi connectivity index (χ1v) is 14.2. The predicted octanol–water partition coefficient (Wildman–Crippen LogP) is 3.45. The first-order chi connectivity index (χ1) is 20.1. The molecule has 2 aliphatic heterocycles. The fraction of sp³-hybridized carbons (Fsp3) is 0.344. The summed E-state index contributed by atoms with van der Waals surface area (Å²) in [6.45, 7) is 6.11. The van der Waals surface area contributed by atoms with E-state index in [2.05, 4.69) is 49.9 Å². The van der Waals surface area contributed by atoms with Crippen molar-refractivity contribution in [1.29, 1.82) is 0 Å². The second-order valence-corrected chi connectivity index (χ2v) is 10.3. The molecular formula is C32H37N5O4. The van der Waals surface area contributed by atoms with Gasteiger partial charge in [-0.15, -0.1) is 0 Å². The van der Waals surface area contributed by atoms with E-state index in [0.717, 1.165) is 57.7 Å². The molecule has 9 nitrogen and oxygen atoms in total. The van der Waals surface area contributed by atoms with E-state index >= 15 is 0 Å². The summed E-state index contributed by atoms with van der Waals surface area (Å²) in [4.78, 5) is 29.4. The molecule has 0 saturated carbocycles. The maximum Gasteiger partial charge on any atom is 0.271 e. The van der Waals surface area contributed by atoms with E-state index < -0.39 is 0 Å². The molecule has 0 spiro atoms. The van der Waals surface area contributed by atoms with Crippen LogP contribution in [0.3, 0.4) is 0 Å². The first-order valence-electron chi connectivity index (χ1n) is 14.2. The molecule has 2 heterocycles. The average molecular weight is 556 g/mol. The third kappa shape index (κ3) is 8.64. The zero-order valence-electron chi connectivity index (χ0n) is 23.2. The summed E-state index contributed by atoms with van der Waals surface area (Å²) in [6, 6.07) is 25.4. The van der Waals surface area contributed by atoms with Crippen LogP contribution in [0.25, 0.3) is 0 Å². The van der Waals surface area contributed by atoms with E-state index in [1.807, 2.05) is 42.5 Å². The van der Waals surface area contributed by atoms with Gasteiger partial charge >= 0.3 is 0 Å². The number of anilines is 1. The number of nitrogens with zero attached hydrogens (tertiary/aromatic N) is 3. The molecule has 3 aromatic rings. The van der Waals surface area contributed by atoms with E-state index in [1.165, 1.54) is 11.3 Å². The number of carbonyl (C=O) groups is 2. The smallest absolute Gasteiger partial charge is 0.271 e. The highest BCUT2D eigenvalue weighted by molar-refractivity contribution is 5.94. The largest absolute Gasteiger partial charge is 0.484 e. The highest BCUT2D eigenvalue weighted by Gasteiger charge is 2.18. The van der Waals surface area contributed by atoms with Crippen molar-refractivity contribution in [3.8, 4) is 5.75 Å². The fourth-order valence-electron chi connectivity index (χ4n) is 4.94. The number of benzene rings is 3. The van der Waals surface area contributed by atoms with E-state index in [1.54, 1.807) is 18.3 Å². The number of carbonyl (C=O) groups excluding carboxylic acids is 2. The Kier molecular flexibility index (Phi) is 9.97. The molecule has 2 amide bonds. The lowest BCUT2D eigenvalue weighted by molar-refractivity contribution is -0.123. The number of hydrogen-bond donors (Lipinski definition) is 2. The van der Waals surface area contributed by atoms with Gasteiger partial charge in [0, 0.05) is 57.1 Å². The highest BCUT2D eigenvalue weighted by atomic mass is 16.5. The number of rotatable bonds is 11. The van der Waals surface area contributed by atoms with Crippen molar-refractivity contribution in [2.45, 2.75) is 25.5 Å². The van der Waals surface area contributed by atoms with Crippen LogP contribution in [0.5, 0.6) is 5.75 Å². The molecule has 3 aromatic carbocycles. The number of piperazine rings is 1. The minimum atomic E-state index is -0.266. The van der Waals surface area contributed by atoms with Crippen LogP contribution in [0.4, 0.5) is 5.69 Å². The van der Waals surface area contributed by atoms with Gasteiger partial charge < -0.3 is 19.7 Å². The van der Waals surface area contributed by atoms with Gasteiger partial charge in [-0.2, -0.15) is 5.10 Å².